The highest BCUT2D eigenvalue weighted by Crippen LogP contribution is 2.63. The standard InChI is InChI=1S/C47H38N2O2/c1-2-12-32(13-3-1)49-40-19-7-4-14-34(40)46-33(15-10-20-41(46)49)30-24-26-44-38(28-30)47(37-25-23-31(29-45(37)51-44)39-18-11-27-48-39)35-16-5-8-21-42(35)50-43-22-9-6-17-36(43)47/h1-9,11-16,18-19,21-23,25,27-28,31,36,48H,10,17,20,24,26,29H2. The van der Waals surface area contributed by atoms with Gasteiger partial charge in [-0.25, -0.2) is 0 Å². The van der Waals surface area contributed by atoms with Gasteiger partial charge in [0, 0.05) is 75.6 Å². The van der Waals surface area contributed by atoms with Gasteiger partial charge in [0.2, 0.25) is 0 Å². The summed E-state index contributed by atoms with van der Waals surface area (Å²) in [5.74, 6) is 4.57. The van der Waals surface area contributed by atoms with Crippen molar-refractivity contribution in [2.75, 3.05) is 0 Å². The number of aromatic nitrogens is 2. The molecule has 2 aromatic heterocycles. The van der Waals surface area contributed by atoms with Crippen LogP contribution in [0, 0.1) is 5.92 Å². The van der Waals surface area contributed by atoms with Crippen molar-refractivity contribution < 1.29 is 9.47 Å². The third-order valence-electron chi connectivity index (χ3n) is 12.1. The minimum Gasteiger partial charge on any atom is -0.465 e. The molecule has 4 nitrogen and oxygen atoms in total. The van der Waals surface area contributed by atoms with Crippen LogP contribution in [0.15, 0.2) is 174 Å². The summed E-state index contributed by atoms with van der Waals surface area (Å²) in [6, 6.07) is 32.9. The summed E-state index contributed by atoms with van der Waals surface area (Å²) in [5, 5.41) is 1.33. The second kappa shape index (κ2) is 11.1. The lowest BCUT2D eigenvalue weighted by molar-refractivity contribution is 0.192. The van der Waals surface area contributed by atoms with E-state index < -0.39 is 5.41 Å². The van der Waals surface area contributed by atoms with Crippen LogP contribution in [0.3, 0.4) is 0 Å². The Hall–Kier alpha value is -5.74. The molecule has 0 amide bonds. The van der Waals surface area contributed by atoms with Gasteiger partial charge < -0.3 is 19.0 Å². The van der Waals surface area contributed by atoms with E-state index in [2.05, 4.69) is 143 Å². The minimum absolute atomic E-state index is 0.120. The molecule has 4 aliphatic carbocycles. The highest BCUT2D eigenvalue weighted by molar-refractivity contribution is 6.00. The number of nitrogens with one attached hydrogen (secondary N) is 1. The Labute approximate surface area is 298 Å². The highest BCUT2D eigenvalue weighted by atomic mass is 16.5. The van der Waals surface area contributed by atoms with Crippen molar-refractivity contribution in [3.63, 3.8) is 0 Å². The molecule has 248 valence electrons. The summed E-state index contributed by atoms with van der Waals surface area (Å²) >= 11 is 0. The predicted molar refractivity (Wildman–Crippen MR) is 203 cm³/mol. The van der Waals surface area contributed by atoms with Gasteiger partial charge in [-0.1, -0.05) is 91.1 Å². The maximum atomic E-state index is 7.13. The second-order valence-corrected chi connectivity index (χ2v) is 14.6. The van der Waals surface area contributed by atoms with Crippen LogP contribution >= 0.6 is 0 Å². The smallest absolute Gasteiger partial charge is 0.131 e. The Morgan fingerprint density at radius 3 is 2.61 bits per heavy atom. The molecule has 0 fully saturated rings. The van der Waals surface area contributed by atoms with E-state index in [1.807, 2.05) is 6.20 Å². The number of hydrogen-bond donors (Lipinski definition) is 1. The number of allylic oxidation sites excluding steroid dienone is 14. The van der Waals surface area contributed by atoms with Gasteiger partial charge >= 0.3 is 0 Å². The minimum atomic E-state index is -0.437. The largest absolute Gasteiger partial charge is 0.465 e. The van der Waals surface area contributed by atoms with Crippen LogP contribution < -0.4 is 4.74 Å². The van der Waals surface area contributed by atoms with Crippen molar-refractivity contribution in [1.82, 2.24) is 9.55 Å². The van der Waals surface area contributed by atoms with E-state index in [-0.39, 0.29) is 11.8 Å². The molecule has 0 bridgehead atoms. The zero-order valence-corrected chi connectivity index (χ0v) is 28.4. The summed E-state index contributed by atoms with van der Waals surface area (Å²) in [7, 11) is 0. The van der Waals surface area contributed by atoms with Crippen molar-refractivity contribution in [2.45, 2.75) is 49.9 Å². The third kappa shape index (κ3) is 4.14. The van der Waals surface area contributed by atoms with Gasteiger partial charge in [0.25, 0.3) is 0 Å². The highest BCUT2D eigenvalue weighted by Gasteiger charge is 2.56. The van der Waals surface area contributed by atoms with Gasteiger partial charge in [-0.3, -0.25) is 0 Å². The van der Waals surface area contributed by atoms with E-state index in [1.54, 1.807) is 0 Å². The number of ether oxygens (including phenoxy) is 2. The zero-order valence-electron chi connectivity index (χ0n) is 28.4. The Balaban J connectivity index is 1.12. The maximum absolute atomic E-state index is 7.13. The van der Waals surface area contributed by atoms with Crippen LogP contribution in [0.5, 0.6) is 5.75 Å². The molecule has 4 heteroatoms. The first-order valence-corrected chi connectivity index (χ1v) is 18.5. The molecule has 3 atom stereocenters. The average Bonchev–Trinajstić information content (AvgIpc) is 3.85. The summed E-state index contributed by atoms with van der Waals surface area (Å²) in [4.78, 5) is 3.47. The number of fused-ring (bicyclic) bond motifs is 9. The molecular weight excluding hydrogens is 625 g/mol. The van der Waals surface area contributed by atoms with Gasteiger partial charge in [0.05, 0.1) is 10.9 Å². The molecule has 6 aliphatic rings. The molecule has 51 heavy (non-hydrogen) atoms. The lowest BCUT2D eigenvalue weighted by atomic mass is 9.54. The Morgan fingerprint density at radius 1 is 0.804 bits per heavy atom. The first-order chi connectivity index (χ1) is 25.3. The predicted octanol–water partition coefficient (Wildman–Crippen LogP) is 11.1. The van der Waals surface area contributed by atoms with Crippen molar-refractivity contribution >= 4 is 16.5 Å². The first kappa shape index (κ1) is 29.0. The van der Waals surface area contributed by atoms with Gasteiger partial charge in [-0.05, 0) is 79.3 Å². The zero-order chi connectivity index (χ0) is 33.5. The fourth-order valence-corrected chi connectivity index (χ4v) is 9.99. The van der Waals surface area contributed by atoms with Crippen LogP contribution in [0.2, 0.25) is 0 Å². The molecule has 4 heterocycles. The molecule has 3 aromatic carbocycles. The number of para-hydroxylation sites is 3. The third-order valence-corrected chi connectivity index (χ3v) is 12.1. The van der Waals surface area contributed by atoms with Crippen LogP contribution in [-0.4, -0.2) is 9.55 Å². The number of hydrogen-bond acceptors (Lipinski definition) is 2. The molecule has 11 rings (SSSR count). The quantitative estimate of drug-likeness (QED) is 0.209. The molecule has 1 N–H and O–H groups in total. The molecule has 5 aromatic rings. The number of aromatic amines is 1. The van der Waals surface area contributed by atoms with Crippen LogP contribution in [0.4, 0.5) is 0 Å². The fourth-order valence-electron chi connectivity index (χ4n) is 9.99. The second-order valence-electron chi connectivity index (χ2n) is 14.6. The molecule has 0 saturated heterocycles. The normalized spacial score (nSPS) is 24.4. The van der Waals surface area contributed by atoms with Gasteiger partial charge in [0.15, 0.2) is 0 Å². The number of nitrogens with zero attached hydrogens (tertiary/aromatic N) is 1. The lowest BCUT2D eigenvalue weighted by Crippen LogP contribution is -2.47. The van der Waals surface area contributed by atoms with Gasteiger partial charge in [-0.2, -0.15) is 0 Å². The Kier molecular flexibility index (Phi) is 6.34. The van der Waals surface area contributed by atoms with Crippen LogP contribution in [0.25, 0.3) is 22.2 Å². The van der Waals surface area contributed by atoms with Gasteiger partial charge in [0.1, 0.15) is 23.0 Å². The lowest BCUT2D eigenvalue weighted by Gasteiger charge is -2.52. The summed E-state index contributed by atoms with van der Waals surface area (Å²) in [5.41, 5.74) is 12.7. The molecular formula is C47H38N2O2. The van der Waals surface area contributed by atoms with Crippen molar-refractivity contribution in [2.24, 2.45) is 5.92 Å². The van der Waals surface area contributed by atoms with E-state index in [4.69, 9.17) is 9.47 Å². The van der Waals surface area contributed by atoms with Gasteiger partial charge in [-0.15, -0.1) is 0 Å². The molecule has 1 spiro atoms. The van der Waals surface area contributed by atoms with E-state index in [1.165, 1.54) is 61.4 Å². The Bertz CT molecular complexity index is 2480. The number of benzene rings is 3. The summed E-state index contributed by atoms with van der Waals surface area (Å²) in [6.45, 7) is 0. The molecule has 3 unspecified atom stereocenters. The topological polar surface area (TPSA) is 39.2 Å². The van der Waals surface area contributed by atoms with E-state index >= 15 is 0 Å². The van der Waals surface area contributed by atoms with Crippen molar-refractivity contribution in [1.29, 1.82) is 0 Å². The van der Waals surface area contributed by atoms with E-state index in [0.717, 1.165) is 61.6 Å². The number of rotatable bonds is 3. The average molecular weight is 663 g/mol. The van der Waals surface area contributed by atoms with Crippen molar-refractivity contribution in [3.05, 3.63) is 196 Å². The first-order valence-electron chi connectivity index (χ1n) is 18.5. The summed E-state index contributed by atoms with van der Waals surface area (Å²) < 4.78 is 16.4. The van der Waals surface area contributed by atoms with Crippen molar-refractivity contribution in [3.8, 4) is 11.4 Å². The van der Waals surface area contributed by atoms with Crippen LogP contribution in [0.1, 0.15) is 60.5 Å². The monoisotopic (exact) mass is 662 g/mol. The van der Waals surface area contributed by atoms with Crippen LogP contribution in [-0.2, 0) is 16.6 Å². The van der Waals surface area contributed by atoms with E-state index in [9.17, 15) is 0 Å². The van der Waals surface area contributed by atoms with E-state index in [0.29, 0.717) is 0 Å². The maximum Gasteiger partial charge on any atom is 0.131 e. The molecule has 0 saturated carbocycles. The fraction of sp³-hybridized carbons (Fsp3) is 0.191. The molecule has 0 radical (unpaired) electrons. The Morgan fingerprint density at radius 2 is 1.69 bits per heavy atom. The number of H-pyrrole nitrogens is 1. The summed E-state index contributed by atoms with van der Waals surface area (Å²) in [6.07, 6.45) is 24.1. The molecule has 2 aliphatic heterocycles. The SMILES string of the molecule is C1=CCC2C(=C1)Oc1ccccc1C21C2=C(CCC(C3=CCCc4c3c3ccccc3n4-c3ccccc3)=C2)OC2=C1C=CC(c1ccc[nH]1)C2.